The van der Waals surface area contributed by atoms with Crippen LogP contribution in [-0.2, 0) is 0 Å². The van der Waals surface area contributed by atoms with Crippen LogP contribution in [0.1, 0.15) is 17.3 Å². The maximum atomic E-state index is 12.0. The average molecular weight is 249 g/mol. The van der Waals surface area contributed by atoms with Gasteiger partial charge in [0.25, 0.3) is 0 Å². The van der Waals surface area contributed by atoms with E-state index in [0.717, 1.165) is 22.0 Å². The Morgan fingerprint density at radius 3 is 2.76 bits per heavy atom. The molecule has 0 amide bonds. The summed E-state index contributed by atoms with van der Waals surface area (Å²) in [6.07, 6.45) is 0. The van der Waals surface area contributed by atoms with Crippen molar-refractivity contribution < 1.29 is 9.90 Å². The number of hydrogen-bond donors (Lipinski definition) is 1. The zero-order valence-corrected chi connectivity index (χ0v) is 10.5. The lowest BCUT2D eigenvalue weighted by atomic mass is 10.1. The number of nitrogens with zero attached hydrogens (tertiary/aromatic N) is 1. The van der Waals surface area contributed by atoms with Crippen LogP contribution in [0.5, 0.6) is 0 Å². The zero-order chi connectivity index (χ0) is 12.3. The Hall–Kier alpha value is -1.26. The molecule has 0 saturated carbocycles. The molecule has 0 spiro atoms. The molecule has 0 unspecified atom stereocenters. The van der Waals surface area contributed by atoms with Crippen molar-refractivity contribution in [1.29, 1.82) is 0 Å². The molecular formula is C13H15NO2S. The van der Waals surface area contributed by atoms with Gasteiger partial charge >= 0.3 is 0 Å². The number of hydrogen-bond acceptors (Lipinski definition) is 4. The topological polar surface area (TPSA) is 40.5 Å². The van der Waals surface area contributed by atoms with Gasteiger partial charge in [-0.05, 0) is 6.92 Å². The Labute approximate surface area is 105 Å². The van der Waals surface area contributed by atoms with Crippen LogP contribution in [0.4, 0.5) is 0 Å². The van der Waals surface area contributed by atoms with Crippen molar-refractivity contribution in [2.75, 3.05) is 19.0 Å². The molecule has 4 heteroatoms. The first kappa shape index (κ1) is 12.2. The lowest BCUT2D eigenvalue weighted by molar-refractivity contribution is 0.0953. The Balaban J connectivity index is 2.06. The number of allylic oxidation sites excluding steroid dienone is 1. The predicted molar refractivity (Wildman–Crippen MR) is 69.7 cm³/mol. The van der Waals surface area contributed by atoms with Crippen molar-refractivity contribution in [3.05, 3.63) is 46.5 Å². The van der Waals surface area contributed by atoms with Crippen molar-refractivity contribution in [1.82, 2.24) is 4.90 Å². The van der Waals surface area contributed by atoms with Gasteiger partial charge in [0.2, 0.25) is 0 Å². The average Bonchev–Trinajstić information content (AvgIpc) is 2.71. The highest BCUT2D eigenvalue weighted by molar-refractivity contribution is 8.03. The summed E-state index contributed by atoms with van der Waals surface area (Å²) < 4.78 is 0. The molecule has 17 heavy (non-hydrogen) atoms. The van der Waals surface area contributed by atoms with E-state index in [2.05, 4.69) is 0 Å². The highest BCUT2D eigenvalue weighted by Crippen LogP contribution is 2.30. The summed E-state index contributed by atoms with van der Waals surface area (Å²) in [6.45, 7) is 2.31. The number of Topliss-reactive ketones (excluding diaryl/α,β-unsaturated/α-hetero) is 1. The fraction of sp³-hybridized carbons (Fsp3) is 0.308. The van der Waals surface area contributed by atoms with Gasteiger partial charge in [-0.15, -0.1) is 11.8 Å². The summed E-state index contributed by atoms with van der Waals surface area (Å²) in [6, 6.07) is 9.26. The molecule has 90 valence electrons. The van der Waals surface area contributed by atoms with Gasteiger partial charge in [0.05, 0.1) is 19.0 Å². The number of carbonyl (C=O) groups is 1. The number of rotatable bonds is 4. The van der Waals surface area contributed by atoms with E-state index in [-0.39, 0.29) is 12.4 Å². The highest BCUT2D eigenvalue weighted by atomic mass is 32.2. The van der Waals surface area contributed by atoms with E-state index in [1.165, 1.54) is 0 Å². The molecule has 2 rings (SSSR count). The number of aliphatic hydroxyl groups excluding tert-OH is 1. The van der Waals surface area contributed by atoms with E-state index in [0.29, 0.717) is 6.54 Å². The normalized spacial score (nSPS) is 15.5. The van der Waals surface area contributed by atoms with Crippen LogP contribution in [0, 0.1) is 0 Å². The van der Waals surface area contributed by atoms with Gasteiger partial charge < -0.3 is 10.0 Å². The molecule has 0 fully saturated rings. The first-order valence-corrected chi connectivity index (χ1v) is 6.47. The van der Waals surface area contributed by atoms with Crippen molar-refractivity contribution in [2.45, 2.75) is 6.92 Å². The molecule has 1 heterocycles. The Kier molecular flexibility index (Phi) is 3.86. The highest BCUT2D eigenvalue weighted by Gasteiger charge is 2.22. The third-order valence-corrected chi connectivity index (χ3v) is 3.91. The fourth-order valence-corrected chi connectivity index (χ4v) is 2.76. The first-order valence-electron chi connectivity index (χ1n) is 5.49. The van der Waals surface area contributed by atoms with Crippen LogP contribution in [-0.4, -0.2) is 34.8 Å². The molecule has 0 aliphatic carbocycles. The minimum atomic E-state index is 0.000896. The SMILES string of the molecule is CC1=C(CO)N(CC(=O)c2ccccc2)CS1. The van der Waals surface area contributed by atoms with E-state index >= 15 is 0 Å². The number of aliphatic hydroxyl groups is 1. The predicted octanol–water partition coefficient (Wildman–Crippen LogP) is 2.10. The monoisotopic (exact) mass is 249 g/mol. The summed E-state index contributed by atoms with van der Waals surface area (Å²) in [4.78, 5) is 15.1. The summed E-state index contributed by atoms with van der Waals surface area (Å²) in [5.74, 6) is 0.840. The molecule has 0 saturated heterocycles. The molecule has 1 aliphatic rings. The van der Waals surface area contributed by atoms with Crippen LogP contribution in [0.2, 0.25) is 0 Å². The van der Waals surface area contributed by atoms with E-state index in [1.54, 1.807) is 11.8 Å². The number of thioether (sulfide) groups is 1. The maximum Gasteiger partial charge on any atom is 0.182 e. The van der Waals surface area contributed by atoms with Crippen LogP contribution in [0.15, 0.2) is 40.9 Å². The van der Waals surface area contributed by atoms with Crippen molar-refractivity contribution in [2.24, 2.45) is 0 Å². The Morgan fingerprint density at radius 2 is 2.12 bits per heavy atom. The molecule has 1 N–H and O–H groups in total. The summed E-state index contributed by atoms with van der Waals surface area (Å²) >= 11 is 1.67. The lowest BCUT2D eigenvalue weighted by Gasteiger charge is -2.19. The van der Waals surface area contributed by atoms with Crippen molar-refractivity contribution in [3.8, 4) is 0 Å². The molecule has 0 atom stereocenters. The molecule has 1 aliphatic heterocycles. The number of carbonyl (C=O) groups excluding carboxylic acids is 1. The third kappa shape index (κ3) is 2.70. The van der Waals surface area contributed by atoms with Crippen LogP contribution >= 0.6 is 11.8 Å². The molecule has 0 bridgehead atoms. The summed E-state index contributed by atoms with van der Waals surface area (Å²) in [7, 11) is 0. The van der Waals surface area contributed by atoms with Crippen LogP contribution in [0.25, 0.3) is 0 Å². The van der Waals surface area contributed by atoms with Gasteiger partial charge in [0, 0.05) is 16.2 Å². The van der Waals surface area contributed by atoms with Crippen LogP contribution in [0.3, 0.4) is 0 Å². The smallest absolute Gasteiger partial charge is 0.182 e. The number of benzene rings is 1. The van der Waals surface area contributed by atoms with Gasteiger partial charge in [-0.2, -0.15) is 0 Å². The van der Waals surface area contributed by atoms with Crippen LogP contribution < -0.4 is 0 Å². The molecule has 3 nitrogen and oxygen atoms in total. The second-order valence-corrected chi connectivity index (χ2v) is 5.08. The van der Waals surface area contributed by atoms with E-state index in [1.807, 2.05) is 42.2 Å². The van der Waals surface area contributed by atoms with Gasteiger partial charge in [-0.3, -0.25) is 4.79 Å². The Morgan fingerprint density at radius 1 is 1.41 bits per heavy atom. The lowest BCUT2D eigenvalue weighted by Crippen LogP contribution is -2.28. The summed E-state index contributed by atoms with van der Waals surface area (Å²) in [5, 5.41) is 9.27. The fourth-order valence-electron chi connectivity index (χ4n) is 1.80. The number of ketones is 1. The molecule has 1 aromatic rings. The largest absolute Gasteiger partial charge is 0.390 e. The van der Waals surface area contributed by atoms with Gasteiger partial charge in [0.15, 0.2) is 5.78 Å². The van der Waals surface area contributed by atoms with Crippen molar-refractivity contribution >= 4 is 17.5 Å². The molecular weight excluding hydrogens is 234 g/mol. The standard InChI is InChI=1S/C13H15NO2S/c1-10-12(8-15)14(9-17-10)7-13(16)11-5-3-2-4-6-11/h2-6,15H,7-9H2,1H3. The second-order valence-electron chi connectivity index (χ2n) is 3.92. The maximum absolute atomic E-state index is 12.0. The first-order chi connectivity index (χ1) is 8.22. The minimum absolute atomic E-state index is 0.000896. The van der Waals surface area contributed by atoms with E-state index in [4.69, 9.17) is 0 Å². The quantitative estimate of drug-likeness (QED) is 0.830. The summed E-state index contributed by atoms with van der Waals surface area (Å²) in [5.41, 5.74) is 1.60. The van der Waals surface area contributed by atoms with Gasteiger partial charge in [0.1, 0.15) is 0 Å². The van der Waals surface area contributed by atoms with E-state index < -0.39 is 0 Å². The van der Waals surface area contributed by atoms with Gasteiger partial charge in [-0.1, -0.05) is 30.3 Å². The minimum Gasteiger partial charge on any atom is -0.390 e. The Bertz CT molecular complexity index is 442. The zero-order valence-electron chi connectivity index (χ0n) is 9.72. The molecule has 0 radical (unpaired) electrons. The molecule has 0 aromatic heterocycles. The second kappa shape index (κ2) is 5.38. The third-order valence-electron chi connectivity index (χ3n) is 2.81. The molecule has 1 aromatic carbocycles. The van der Waals surface area contributed by atoms with Crippen molar-refractivity contribution in [3.63, 3.8) is 0 Å². The van der Waals surface area contributed by atoms with E-state index in [9.17, 15) is 9.90 Å². The van der Waals surface area contributed by atoms with Gasteiger partial charge in [-0.25, -0.2) is 0 Å².